The number of rotatable bonds is 2. The minimum absolute atomic E-state index is 0.0753. The fourth-order valence-electron chi connectivity index (χ4n) is 3.35. The van der Waals surface area contributed by atoms with E-state index in [-0.39, 0.29) is 12.1 Å². The Hall–Kier alpha value is -1.75. The van der Waals surface area contributed by atoms with E-state index in [9.17, 15) is 4.79 Å². The van der Waals surface area contributed by atoms with Crippen molar-refractivity contribution in [1.29, 1.82) is 0 Å². The Bertz CT molecular complexity index is 779. The number of halogens is 1. The summed E-state index contributed by atoms with van der Waals surface area (Å²) >= 11 is 6.55. The molecular formula is C19H26ClN3O2. The number of aryl methyl sites for hydroxylation is 1. The number of aromatic nitrogens is 2. The second-order valence-electron chi connectivity index (χ2n) is 7.76. The molecule has 0 saturated carbocycles. The molecule has 0 unspecified atom stereocenters. The zero-order valence-corrected chi connectivity index (χ0v) is 16.1. The summed E-state index contributed by atoms with van der Waals surface area (Å²) in [6.45, 7) is 8.43. The van der Waals surface area contributed by atoms with E-state index in [0.29, 0.717) is 11.6 Å². The predicted molar refractivity (Wildman–Crippen MR) is 99.2 cm³/mol. The number of likely N-dealkylation sites (tertiary alicyclic amines) is 1. The molecule has 25 heavy (non-hydrogen) atoms. The van der Waals surface area contributed by atoms with Crippen LogP contribution >= 0.6 is 11.6 Å². The molecule has 0 aromatic carbocycles. The lowest BCUT2D eigenvalue weighted by Gasteiger charge is -2.36. The Balaban J connectivity index is 1.84. The zero-order chi connectivity index (χ0) is 18.2. The van der Waals surface area contributed by atoms with Gasteiger partial charge in [0, 0.05) is 25.2 Å². The lowest BCUT2D eigenvalue weighted by atomic mass is 9.98. The Kier molecular flexibility index (Phi) is 4.96. The first-order chi connectivity index (χ1) is 11.8. The number of hydrogen-bond acceptors (Lipinski definition) is 3. The maximum absolute atomic E-state index is 12.6. The molecule has 1 atom stereocenters. The molecule has 0 N–H and O–H groups in total. The van der Waals surface area contributed by atoms with Gasteiger partial charge in [-0.25, -0.2) is 9.78 Å². The van der Waals surface area contributed by atoms with Gasteiger partial charge in [0.05, 0.1) is 5.69 Å². The Morgan fingerprint density at radius 3 is 2.84 bits per heavy atom. The van der Waals surface area contributed by atoms with Crippen molar-refractivity contribution in [2.24, 2.45) is 0 Å². The van der Waals surface area contributed by atoms with Crippen molar-refractivity contribution in [1.82, 2.24) is 14.3 Å². The number of pyridine rings is 1. The molecule has 0 radical (unpaired) electrons. The molecule has 1 amide bonds. The third kappa shape index (κ3) is 3.92. The fraction of sp³-hybridized carbons (Fsp3) is 0.579. The van der Waals surface area contributed by atoms with Crippen LogP contribution in [0.25, 0.3) is 5.65 Å². The molecule has 0 bridgehead atoms. The van der Waals surface area contributed by atoms with Gasteiger partial charge in [0.1, 0.15) is 16.4 Å². The highest BCUT2D eigenvalue weighted by Gasteiger charge is 2.31. The maximum atomic E-state index is 12.6. The highest BCUT2D eigenvalue weighted by Crippen LogP contribution is 2.27. The van der Waals surface area contributed by atoms with Gasteiger partial charge in [0.25, 0.3) is 0 Å². The highest BCUT2D eigenvalue weighted by molar-refractivity contribution is 6.30. The number of piperidine rings is 1. The summed E-state index contributed by atoms with van der Waals surface area (Å²) in [5, 5.41) is 0.633. The van der Waals surface area contributed by atoms with Crippen molar-refractivity contribution >= 4 is 23.3 Å². The number of ether oxygens (including phenoxy) is 1. The average Bonchev–Trinajstić information content (AvgIpc) is 2.84. The summed E-state index contributed by atoms with van der Waals surface area (Å²) in [7, 11) is 0. The van der Waals surface area contributed by atoms with Crippen LogP contribution in [-0.2, 0) is 11.2 Å². The first-order valence-corrected chi connectivity index (χ1v) is 9.26. The molecule has 0 spiro atoms. The van der Waals surface area contributed by atoms with Gasteiger partial charge < -0.3 is 9.64 Å². The van der Waals surface area contributed by atoms with Gasteiger partial charge in [-0.2, -0.15) is 0 Å². The molecule has 0 aliphatic carbocycles. The lowest BCUT2D eigenvalue weighted by Crippen LogP contribution is -2.47. The van der Waals surface area contributed by atoms with E-state index in [4.69, 9.17) is 21.3 Å². The number of fused-ring (bicyclic) bond motifs is 1. The van der Waals surface area contributed by atoms with Crippen LogP contribution in [0.15, 0.2) is 18.3 Å². The normalized spacial score (nSPS) is 18.6. The smallest absolute Gasteiger partial charge is 0.410 e. The predicted octanol–water partition coefficient (Wildman–Crippen LogP) is 4.63. The lowest BCUT2D eigenvalue weighted by molar-refractivity contribution is 0.00986. The number of hydrogen-bond donors (Lipinski definition) is 0. The van der Waals surface area contributed by atoms with Crippen molar-refractivity contribution in [2.45, 2.75) is 65.0 Å². The van der Waals surface area contributed by atoms with Gasteiger partial charge in [-0.1, -0.05) is 17.7 Å². The van der Waals surface area contributed by atoms with E-state index in [2.05, 4.69) is 0 Å². The van der Waals surface area contributed by atoms with E-state index in [1.165, 1.54) is 0 Å². The summed E-state index contributed by atoms with van der Waals surface area (Å²) in [6, 6.07) is 4.06. The topological polar surface area (TPSA) is 46.8 Å². The summed E-state index contributed by atoms with van der Waals surface area (Å²) in [4.78, 5) is 19.1. The van der Waals surface area contributed by atoms with Crippen LogP contribution in [0.5, 0.6) is 0 Å². The molecule has 136 valence electrons. The first kappa shape index (κ1) is 18.1. The van der Waals surface area contributed by atoms with Crippen molar-refractivity contribution in [2.75, 3.05) is 6.54 Å². The first-order valence-electron chi connectivity index (χ1n) is 8.88. The molecule has 3 rings (SSSR count). The van der Waals surface area contributed by atoms with Crippen LogP contribution in [0.1, 0.15) is 51.3 Å². The van der Waals surface area contributed by atoms with Gasteiger partial charge in [0.2, 0.25) is 0 Å². The van der Waals surface area contributed by atoms with E-state index < -0.39 is 5.60 Å². The average molecular weight is 364 g/mol. The summed E-state index contributed by atoms with van der Waals surface area (Å²) in [5.41, 5.74) is 2.32. The molecule has 6 heteroatoms. The van der Waals surface area contributed by atoms with E-state index in [1.807, 2.05) is 55.3 Å². The van der Waals surface area contributed by atoms with Gasteiger partial charge >= 0.3 is 6.09 Å². The molecule has 1 aliphatic rings. The van der Waals surface area contributed by atoms with Crippen molar-refractivity contribution in [3.63, 3.8) is 0 Å². The number of amides is 1. The summed E-state index contributed by atoms with van der Waals surface area (Å²) in [5.74, 6) is 0. The largest absolute Gasteiger partial charge is 0.444 e. The maximum Gasteiger partial charge on any atom is 0.410 e. The molecule has 2 aromatic heterocycles. The van der Waals surface area contributed by atoms with Gasteiger partial charge in [-0.15, -0.1) is 0 Å². The molecule has 5 nitrogen and oxygen atoms in total. The van der Waals surface area contributed by atoms with Crippen LogP contribution in [0.4, 0.5) is 4.79 Å². The minimum Gasteiger partial charge on any atom is -0.444 e. The third-order valence-corrected chi connectivity index (χ3v) is 4.94. The third-order valence-electron chi connectivity index (χ3n) is 4.54. The van der Waals surface area contributed by atoms with Crippen molar-refractivity contribution in [3.05, 3.63) is 34.7 Å². The molecule has 3 heterocycles. The number of imidazole rings is 1. The van der Waals surface area contributed by atoms with Crippen LogP contribution < -0.4 is 0 Å². The zero-order valence-electron chi connectivity index (χ0n) is 15.4. The number of carbonyl (C=O) groups excluding carboxylic acids is 1. The molecule has 2 aromatic rings. The molecule has 1 fully saturated rings. The van der Waals surface area contributed by atoms with Gasteiger partial charge in [0.15, 0.2) is 0 Å². The molecule has 1 aliphatic heterocycles. The molecule has 1 saturated heterocycles. The van der Waals surface area contributed by atoms with Gasteiger partial charge in [-0.3, -0.25) is 4.40 Å². The van der Waals surface area contributed by atoms with E-state index in [1.54, 1.807) is 0 Å². The number of carbonyl (C=O) groups is 1. The van der Waals surface area contributed by atoms with Crippen LogP contribution in [0.3, 0.4) is 0 Å². The summed E-state index contributed by atoms with van der Waals surface area (Å²) in [6.07, 6.45) is 5.39. The van der Waals surface area contributed by atoms with Crippen LogP contribution in [-0.4, -0.2) is 38.6 Å². The Labute approximate surface area is 153 Å². The SMILES string of the molecule is Cc1cccn2c(Cl)c(C[C@@H]3CCCCN3C(=O)OC(C)(C)C)nc12. The summed E-state index contributed by atoms with van der Waals surface area (Å²) < 4.78 is 7.49. The standard InChI is InChI=1S/C19H26ClN3O2/c1-13-8-7-11-23-16(20)15(21-17(13)23)12-14-9-5-6-10-22(14)18(24)25-19(2,3)4/h7-8,11,14H,5-6,9-10,12H2,1-4H3/t14-/m0/s1. The minimum atomic E-state index is -0.489. The van der Waals surface area contributed by atoms with Crippen LogP contribution in [0, 0.1) is 6.92 Å². The second-order valence-corrected chi connectivity index (χ2v) is 8.12. The van der Waals surface area contributed by atoms with E-state index >= 15 is 0 Å². The van der Waals surface area contributed by atoms with Crippen molar-refractivity contribution in [3.8, 4) is 0 Å². The quantitative estimate of drug-likeness (QED) is 0.781. The van der Waals surface area contributed by atoms with E-state index in [0.717, 1.165) is 42.7 Å². The Morgan fingerprint density at radius 2 is 2.16 bits per heavy atom. The monoisotopic (exact) mass is 363 g/mol. The second kappa shape index (κ2) is 6.87. The molecular weight excluding hydrogens is 338 g/mol. The van der Waals surface area contributed by atoms with Crippen molar-refractivity contribution < 1.29 is 9.53 Å². The fourth-order valence-corrected chi connectivity index (χ4v) is 3.60. The Morgan fingerprint density at radius 1 is 1.40 bits per heavy atom. The van der Waals surface area contributed by atoms with Crippen LogP contribution in [0.2, 0.25) is 5.15 Å². The van der Waals surface area contributed by atoms with Gasteiger partial charge in [-0.05, 0) is 58.6 Å². The highest BCUT2D eigenvalue weighted by atomic mass is 35.5. The number of nitrogens with zero attached hydrogens (tertiary/aromatic N) is 3.